The topological polar surface area (TPSA) is 68.0 Å². The molecule has 2 aromatic rings. The predicted octanol–water partition coefficient (Wildman–Crippen LogP) is 2.40. The van der Waals surface area contributed by atoms with Crippen LogP contribution in [0.2, 0.25) is 0 Å². The number of carboxylic acids is 1. The fraction of sp³-hybridized carbons (Fsp3) is 0.357. The average Bonchev–Trinajstić information content (AvgIpc) is 2.81. The van der Waals surface area contributed by atoms with E-state index in [0.29, 0.717) is 11.5 Å². The van der Waals surface area contributed by atoms with Crippen LogP contribution >= 0.6 is 0 Å². The highest BCUT2D eigenvalue weighted by atomic mass is 16.4. The van der Waals surface area contributed by atoms with Crippen molar-refractivity contribution in [1.29, 1.82) is 0 Å². The standard InChI is InChI=1S/C14H17N3O2/c1-4-11-8-12(5-2)17(16-11)13-7-10(14(18)19)6-9(3)15-13/h6-8H,4-5H2,1-3H3,(H,18,19). The number of aromatic carboxylic acids is 1. The smallest absolute Gasteiger partial charge is 0.335 e. The molecule has 2 heterocycles. The van der Waals surface area contributed by atoms with Crippen LogP contribution in [0.4, 0.5) is 0 Å². The van der Waals surface area contributed by atoms with Crippen LogP contribution in [0, 0.1) is 6.92 Å². The highest BCUT2D eigenvalue weighted by molar-refractivity contribution is 5.88. The number of aromatic nitrogens is 3. The number of rotatable bonds is 4. The van der Waals surface area contributed by atoms with E-state index in [1.54, 1.807) is 23.7 Å². The number of hydrogen-bond donors (Lipinski definition) is 1. The Balaban J connectivity index is 2.57. The van der Waals surface area contributed by atoms with Gasteiger partial charge in [0.2, 0.25) is 0 Å². The molecule has 100 valence electrons. The van der Waals surface area contributed by atoms with Gasteiger partial charge in [0.15, 0.2) is 5.82 Å². The summed E-state index contributed by atoms with van der Waals surface area (Å²) >= 11 is 0. The molecule has 0 unspecified atom stereocenters. The first kappa shape index (κ1) is 13.3. The van der Waals surface area contributed by atoms with E-state index >= 15 is 0 Å². The Morgan fingerprint density at radius 3 is 2.58 bits per heavy atom. The van der Waals surface area contributed by atoms with Gasteiger partial charge in [0.25, 0.3) is 0 Å². The first-order valence-electron chi connectivity index (χ1n) is 6.35. The second-order valence-electron chi connectivity index (χ2n) is 4.41. The summed E-state index contributed by atoms with van der Waals surface area (Å²) in [5.74, 6) is -0.387. The lowest BCUT2D eigenvalue weighted by atomic mass is 10.2. The summed E-state index contributed by atoms with van der Waals surface area (Å²) in [6.45, 7) is 5.87. The van der Waals surface area contributed by atoms with E-state index in [0.717, 1.165) is 24.2 Å². The lowest BCUT2D eigenvalue weighted by molar-refractivity contribution is 0.0696. The van der Waals surface area contributed by atoms with Crippen LogP contribution in [0.25, 0.3) is 5.82 Å². The summed E-state index contributed by atoms with van der Waals surface area (Å²) < 4.78 is 1.73. The second-order valence-corrected chi connectivity index (χ2v) is 4.41. The molecule has 0 atom stereocenters. The molecule has 0 fully saturated rings. The lowest BCUT2D eigenvalue weighted by Crippen LogP contribution is -2.08. The minimum atomic E-state index is -0.951. The van der Waals surface area contributed by atoms with Gasteiger partial charge in [-0.05, 0) is 38.0 Å². The van der Waals surface area contributed by atoms with Gasteiger partial charge in [0.05, 0.1) is 11.3 Å². The summed E-state index contributed by atoms with van der Waals surface area (Å²) in [4.78, 5) is 15.5. The molecule has 2 aromatic heterocycles. The summed E-state index contributed by atoms with van der Waals surface area (Å²) in [5.41, 5.74) is 2.92. The van der Waals surface area contributed by atoms with Gasteiger partial charge in [0, 0.05) is 11.4 Å². The van der Waals surface area contributed by atoms with E-state index in [9.17, 15) is 4.79 Å². The van der Waals surface area contributed by atoms with E-state index in [2.05, 4.69) is 10.1 Å². The summed E-state index contributed by atoms with van der Waals surface area (Å²) in [5, 5.41) is 13.6. The van der Waals surface area contributed by atoms with Crippen molar-refractivity contribution in [3.8, 4) is 5.82 Å². The zero-order chi connectivity index (χ0) is 14.0. The Kier molecular flexibility index (Phi) is 3.64. The predicted molar refractivity (Wildman–Crippen MR) is 71.8 cm³/mol. The molecule has 0 saturated carbocycles. The van der Waals surface area contributed by atoms with Crippen LogP contribution < -0.4 is 0 Å². The molecule has 5 nitrogen and oxygen atoms in total. The molecule has 0 aromatic carbocycles. The third kappa shape index (κ3) is 2.65. The number of carbonyl (C=O) groups is 1. The average molecular weight is 259 g/mol. The third-order valence-corrected chi connectivity index (χ3v) is 2.96. The Morgan fingerprint density at radius 2 is 2.00 bits per heavy atom. The van der Waals surface area contributed by atoms with Crippen molar-refractivity contribution in [3.05, 3.63) is 40.8 Å². The maximum absolute atomic E-state index is 11.1. The molecule has 1 N–H and O–H groups in total. The van der Waals surface area contributed by atoms with Crippen molar-refractivity contribution in [2.24, 2.45) is 0 Å². The monoisotopic (exact) mass is 259 g/mol. The normalized spacial score (nSPS) is 10.7. The van der Waals surface area contributed by atoms with Crippen molar-refractivity contribution < 1.29 is 9.90 Å². The molecule has 19 heavy (non-hydrogen) atoms. The Hall–Kier alpha value is -2.17. The molecule has 0 aliphatic carbocycles. The Labute approximate surface area is 111 Å². The number of pyridine rings is 1. The van der Waals surface area contributed by atoms with Gasteiger partial charge in [-0.3, -0.25) is 0 Å². The first-order valence-corrected chi connectivity index (χ1v) is 6.35. The quantitative estimate of drug-likeness (QED) is 0.915. The van der Waals surface area contributed by atoms with Crippen LogP contribution in [-0.4, -0.2) is 25.8 Å². The number of aryl methyl sites for hydroxylation is 3. The minimum absolute atomic E-state index is 0.234. The van der Waals surface area contributed by atoms with Gasteiger partial charge < -0.3 is 5.11 Å². The number of nitrogens with zero attached hydrogens (tertiary/aromatic N) is 3. The number of carboxylic acid groups (broad SMARTS) is 1. The van der Waals surface area contributed by atoms with Crippen LogP contribution in [-0.2, 0) is 12.8 Å². The molecule has 0 radical (unpaired) electrons. The lowest BCUT2D eigenvalue weighted by Gasteiger charge is -2.07. The fourth-order valence-electron chi connectivity index (χ4n) is 1.98. The maximum atomic E-state index is 11.1. The van der Waals surface area contributed by atoms with Crippen LogP contribution in [0.3, 0.4) is 0 Å². The van der Waals surface area contributed by atoms with Crippen LogP contribution in [0.15, 0.2) is 18.2 Å². The summed E-state index contributed by atoms with van der Waals surface area (Å²) in [6, 6.07) is 5.15. The number of hydrogen-bond acceptors (Lipinski definition) is 3. The Morgan fingerprint density at radius 1 is 1.26 bits per heavy atom. The van der Waals surface area contributed by atoms with Gasteiger partial charge in [-0.25, -0.2) is 14.5 Å². The molecular formula is C14H17N3O2. The molecule has 0 aliphatic heterocycles. The van der Waals surface area contributed by atoms with Crippen molar-refractivity contribution in [3.63, 3.8) is 0 Å². The molecule has 0 spiro atoms. The van der Waals surface area contributed by atoms with Gasteiger partial charge in [-0.15, -0.1) is 0 Å². The van der Waals surface area contributed by atoms with Crippen LogP contribution in [0.1, 0.15) is 41.3 Å². The second kappa shape index (κ2) is 5.22. The van der Waals surface area contributed by atoms with Crippen LogP contribution in [0.5, 0.6) is 0 Å². The fourth-order valence-corrected chi connectivity index (χ4v) is 1.98. The highest BCUT2D eigenvalue weighted by Gasteiger charge is 2.12. The van der Waals surface area contributed by atoms with Gasteiger partial charge >= 0.3 is 5.97 Å². The maximum Gasteiger partial charge on any atom is 0.335 e. The SMILES string of the molecule is CCc1cc(CC)n(-c2cc(C(=O)O)cc(C)n2)n1. The van der Waals surface area contributed by atoms with Gasteiger partial charge in [-0.2, -0.15) is 5.10 Å². The Bertz CT molecular complexity index is 617. The van der Waals surface area contributed by atoms with E-state index in [4.69, 9.17) is 5.11 Å². The molecule has 5 heteroatoms. The molecule has 0 bridgehead atoms. The molecule has 0 amide bonds. The van der Waals surface area contributed by atoms with Gasteiger partial charge in [0.1, 0.15) is 0 Å². The minimum Gasteiger partial charge on any atom is -0.478 e. The zero-order valence-electron chi connectivity index (χ0n) is 11.3. The van der Waals surface area contributed by atoms with E-state index in [1.807, 2.05) is 19.9 Å². The molecular weight excluding hydrogens is 242 g/mol. The van der Waals surface area contributed by atoms with E-state index in [-0.39, 0.29) is 5.56 Å². The highest BCUT2D eigenvalue weighted by Crippen LogP contribution is 2.15. The van der Waals surface area contributed by atoms with Crippen molar-refractivity contribution in [2.45, 2.75) is 33.6 Å². The van der Waals surface area contributed by atoms with Crippen molar-refractivity contribution >= 4 is 5.97 Å². The zero-order valence-corrected chi connectivity index (χ0v) is 11.3. The molecule has 0 aliphatic rings. The molecule has 2 rings (SSSR count). The van der Waals surface area contributed by atoms with E-state index < -0.39 is 5.97 Å². The summed E-state index contributed by atoms with van der Waals surface area (Å²) in [7, 11) is 0. The third-order valence-electron chi connectivity index (χ3n) is 2.96. The van der Waals surface area contributed by atoms with Gasteiger partial charge in [-0.1, -0.05) is 13.8 Å². The largest absolute Gasteiger partial charge is 0.478 e. The van der Waals surface area contributed by atoms with E-state index in [1.165, 1.54) is 0 Å². The summed E-state index contributed by atoms with van der Waals surface area (Å²) in [6.07, 6.45) is 1.67. The van der Waals surface area contributed by atoms with Crippen molar-refractivity contribution in [1.82, 2.24) is 14.8 Å². The van der Waals surface area contributed by atoms with Crippen molar-refractivity contribution in [2.75, 3.05) is 0 Å². The first-order chi connectivity index (χ1) is 9.05. The molecule has 0 saturated heterocycles.